The maximum absolute atomic E-state index is 3.74. The molecular formula is C20H18Br2. The number of hydrogen-bond acceptors (Lipinski definition) is 0. The molecule has 0 saturated heterocycles. The largest absolute Gasteiger partial charge is 0.0605 e. The summed E-state index contributed by atoms with van der Waals surface area (Å²) in [6.07, 6.45) is 2.29. The average Bonchev–Trinajstić information content (AvgIpc) is 2.98. The molecule has 0 saturated carbocycles. The van der Waals surface area contributed by atoms with Gasteiger partial charge in [-0.2, -0.15) is 0 Å². The van der Waals surface area contributed by atoms with E-state index in [1.54, 1.807) is 11.1 Å². The smallest absolute Gasteiger partial charge is 0.0213 e. The van der Waals surface area contributed by atoms with E-state index in [0.29, 0.717) is 11.8 Å². The monoisotopic (exact) mass is 416 g/mol. The highest BCUT2D eigenvalue weighted by molar-refractivity contribution is 9.10. The molecule has 0 heterocycles. The van der Waals surface area contributed by atoms with Crippen molar-refractivity contribution in [3.8, 4) is 0 Å². The van der Waals surface area contributed by atoms with E-state index in [0.717, 1.165) is 12.8 Å². The molecule has 2 atom stereocenters. The maximum atomic E-state index is 3.74. The first-order valence-electron chi connectivity index (χ1n) is 7.87. The van der Waals surface area contributed by atoms with Gasteiger partial charge in [0.25, 0.3) is 0 Å². The summed E-state index contributed by atoms with van der Waals surface area (Å²) in [5.41, 5.74) is 9.01. The van der Waals surface area contributed by atoms with Crippen LogP contribution in [0.1, 0.15) is 36.1 Å². The van der Waals surface area contributed by atoms with Gasteiger partial charge in [-0.05, 0) is 70.2 Å². The summed E-state index contributed by atoms with van der Waals surface area (Å²) in [4.78, 5) is 0. The van der Waals surface area contributed by atoms with Gasteiger partial charge in [-0.25, -0.2) is 0 Å². The molecule has 2 aromatic rings. The van der Waals surface area contributed by atoms with E-state index < -0.39 is 0 Å². The summed E-state index contributed by atoms with van der Waals surface area (Å²) >= 11 is 7.48. The molecule has 2 unspecified atom stereocenters. The quantitative estimate of drug-likeness (QED) is 0.458. The lowest BCUT2D eigenvalue weighted by Crippen LogP contribution is -2.00. The first kappa shape index (κ1) is 14.7. The van der Waals surface area contributed by atoms with Crippen LogP contribution < -0.4 is 0 Å². The molecule has 112 valence electrons. The Labute approximate surface area is 148 Å². The summed E-state index contributed by atoms with van der Waals surface area (Å²) in [6, 6.07) is 13.3. The van der Waals surface area contributed by atoms with Gasteiger partial charge in [0.05, 0.1) is 0 Å². The van der Waals surface area contributed by atoms with Crippen molar-refractivity contribution in [3.63, 3.8) is 0 Å². The molecule has 0 bridgehead atoms. The highest BCUT2D eigenvalue weighted by atomic mass is 79.9. The number of rotatable bonds is 0. The van der Waals surface area contributed by atoms with E-state index in [1.165, 1.54) is 31.2 Å². The number of benzene rings is 2. The number of fused-ring (bicyclic) bond motifs is 2. The summed E-state index contributed by atoms with van der Waals surface area (Å²) in [5, 5.41) is 0. The van der Waals surface area contributed by atoms with Crippen molar-refractivity contribution < 1.29 is 0 Å². The third kappa shape index (κ3) is 2.07. The normalized spacial score (nSPS) is 26.2. The van der Waals surface area contributed by atoms with Gasteiger partial charge < -0.3 is 0 Å². The average molecular weight is 418 g/mol. The molecule has 0 nitrogen and oxygen atoms in total. The van der Waals surface area contributed by atoms with E-state index in [9.17, 15) is 0 Å². The summed E-state index contributed by atoms with van der Waals surface area (Å²) < 4.78 is 2.51. The molecule has 0 aromatic heterocycles. The van der Waals surface area contributed by atoms with Crippen LogP contribution in [-0.4, -0.2) is 0 Å². The van der Waals surface area contributed by atoms with Gasteiger partial charge >= 0.3 is 0 Å². The van der Waals surface area contributed by atoms with Gasteiger partial charge in [-0.3, -0.25) is 0 Å². The second-order valence-corrected chi connectivity index (χ2v) is 8.28. The van der Waals surface area contributed by atoms with Gasteiger partial charge in [0.2, 0.25) is 0 Å². The molecule has 22 heavy (non-hydrogen) atoms. The van der Waals surface area contributed by atoms with Crippen molar-refractivity contribution >= 4 is 43.0 Å². The summed E-state index contributed by atoms with van der Waals surface area (Å²) in [5.74, 6) is 1.19. The van der Waals surface area contributed by atoms with E-state index in [1.807, 2.05) is 0 Å². The highest BCUT2D eigenvalue weighted by Gasteiger charge is 2.34. The zero-order valence-corrected chi connectivity index (χ0v) is 16.0. The Kier molecular flexibility index (Phi) is 3.58. The van der Waals surface area contributed by atoms with Crippen LogP contribution >= 0.6 is 31.9 Å². The summed E-state index contributed by atoms with van der Waals surface area (Å²) in [7, 11) is 0. The van der Waals surface area contributed by atoms with Crippen LogP contribution in [0.2, 0.25) is 0 Å². The first-order valence-corrected chi connectivity index (χ1v) is 9.46. The Morgan fingerprint density at radius 2 is 1.14 bits per heavy atom. The van der Waals surface area contributed by atoms with Crippen molar-refractivity contribution in [2.24, 2.45) is 11.8 Å². The number of allylic oxidation sites excluding steroid dienone is 2. The minimum absolute atomic E-state index is 0.594. The van der Waals surface area contributed by atoms with Crippen molar-refractivity contribution in [2.45, 2.75) is 26.7 Å². The lowest BCUT2D eigenvalue weighted by molar-refractivity contribution is 0.752. The zero-order valence-electron chi connectivity index (χ0n) is 12.8. The van der Waals surface area contributed by atoms with Crippen LogP contribution in [0, 0.1) is 11.8 Å². The second-order valence-electron chi connectivity index (χ2n) is 6.57. The Hall–Kier alpha value is -0.860. The van der Waals surface area contributed by atoms with Crippen molar-refractivity contribution in [1.82, 2.24) is 0 Å². The van der Waals surface area contributed by atoms with Crippen LogP contribution in [0.15, 0.2) is 45.3 Å². The zero-order chi connectivity index (χ0) is 15.4. The van der Waals surface area contributed by atoms with Crippen LogP contribution in [0.3, 0.4) is 0 Å². The fourth-order valence-electron chi connectivity index (χ4n) is 4.21. The molecule has 2 aromatic carbocycles. The Balaban J connectivity index is 2.01. The minimum Gasteiger partial charge on any atom is -0.0605 e. The molecule has 0 N–H and O–H groups in total. The standard InChI is InChI=1S/C20H18Br2/c1-11-9-15-13(5-3-7-17(15)21)19(11)20-12(2)10-16-14(20)6-4-8-18(16)22/h3-8,11-12H,9-10H2,1-2H3. The SMILES string of the molecule is CC1Cc2c(Br)cccc2C1=C1c2cccc(Br)c2CC1C. The lowest BCUT2D eigenvalue weighted by atomic mass is 9.88. The topological polar surface area (TPSA) is 0 Å². The molecule has 0 aliphatic heterocycles. The molecule has 2 heteroatoms. The van der Waals surface area contributed by atoms with E-state index >= 15 is 0 Å². The van der Waals surface area contributed by atoms with Crippen LogP contribution in [-0.2, 0) is 12.8 Å². The van der Waals surface area contributed by atoms with Crippen LogP contribution in [0.25, 0.3) is 11.1 Å². The molecule has 0 spiro atoms. The first-order chi connectivity index (χ1) is 10.6. The van der Waals surface area contributed by atoms with Gasteiger partial charge in [-0.1, -0.05) is 70.0 Å². The molecule has 0 fully saturated rings. The molecule has 0 radical (unpaired) electrons. The van der Waals surface area contributed by atoms with E-state index in [-0.39, 0.29) is 0 Å². The van der Waals surface area contributed by atoms with E-state index in [2.05, 4.69) is 82.1 Å². The van der Waals surface area contributed by atoms with Gasteiger partial charge in [0.15, 0.2) is 0 Å². The van der Waals surface area contributed by atoms with Crippen molar-refractivity contribution in [3.05, 3.63) is 67.6 Å². The Morgan fingerprint density at radius 3 is 1.55 bits per heavy atom. The molecule has 4 rings (SSSR count). The third-order valence-corrected chi connectivity index (χ3v) is 6.60. The number of hydrogen-bond donors (Lipinski definition) is 0. The van der Waals surface area contributed by atoms with Crippen molar-refractivity contribution in [1.29, 1.82) is 0 Å². The second kappa shape index (κ2) is 5.35. The van der Waals surface area contributed by atoms with Crippen LogP contribution in [0.5, 0.6) is 0 Å². The Morgan fingerprint density at radius 1 is 0.727 bits per heavy atom. The Bertz CT molecular complexity index is 734. The highest BCUT2D eigenvalue weighted by Crippen LogP contribution is 2.50. The molecule has 0 amide bonds. The summed E-state index contributed by atoms with van der Waals surface area (Å²) in [6.45, 7) is 4.74. The third-order valence-electron chi connectivity index (χ3n) is 5.11. The minimum atomic E-state index is 0.594. The molecule has 2 aliphatic rings. The predicted molar refractivity (Wildman–Crippen MR) is 101 cm³/mol. The van der Waals surface area contributed by atoms with E-state index in [4.69, 9.17) is 0 Å². The van der Waals surface area contributed by atoms with Crippen molar-refractivity contribution in [2.75, 3.05) is 0 Å². The van der Waals surface area contributed by atoms with Gasteiger partial charge in [0, 0.05) is 8.95 Å². The maximum Gasteiger partial charge on any atom is 0.0213 e. The van der Waals surface area contributed by atoms with Gasteiger partial charge in [-0.15, -0.1) is 0 Å². The molecular weight excluding hydrogens is 400 g/mol. The fourth-order valence-corrected chi connectivity index (χ4v) is 5.26. The van der Waals surface area contributed by atoms with Crippen LogP contribution in [0.4, 0.5) is 0 Å². The predicted octanol–water partition coefficient (Wildman–Crippen LogP) is 6.51. The fraction of sp³-hybridized carbons (Fsp3) is 0.300. The lowest BCUT2D eigenvalue weighted by Gasteiger charge is -2.16. The number of halogens is 2. The molecule has 2 aliphatic carbocycles. The van der Waals surface area contributed by atoms with Gasteiger partial charge in [0.1, 0.15) is 0 Å².